The highest BCUT2D eigenvalue weighted by Crippen LogP contribution is 2.31. The number of carbonyl (C=O) groups excluding carboxylic acids is 3. The molecule has 0 saturated carbocycles. The summed E-state index contributed by atoms with van der Waals surface area (Å²) >= 11 is 11.9. The van der Waals surface area contributed by atoms with Crippen molar-refractivity contribution in [3.8, 4) is 11.5 Å². The Bertz CT molecular complexity index is 1430. The highest BCUT2D eigenvalue weighted by molar-refractivity contribution is 7.80. The second-order valence-corrected chi connectivity index (χ2v) is 9.71. The number of amides is 2. The van der Waals surface area contributed by atoms with Crippen molar-refractivity contribution in [1.29, 1.82) is 0 Å². The summed E-state index contributed by atoms with van der Waals surface area (Å²) in [6.45, 7) is 0.378. The Balaban J connectivity index is 1.55. The van der Waals surface area contributed by atoms with Crippen molar-refractivity contribution in [1.82, 2.24) is 4.90 Å². The van der Waals surface area contributed by atoms with Crippen LogP contribution in [-0.4, -0.2) is 61.7 Å². The molecule has 1 N–H and O–H groups in total. The van der Waals surface area contributed by atoms with Crippen LogP contribution in [0.3, 0.4) is 0 Å². The summed E-state index contributed by atoms with van der Waals surface area (Å²) in [5.41, 5.74) is 2.31. The van der Waals surface area contributed by atoms with Crippen LogP contribution in [0.4, 0.5) is 11.4 Å². The third-order valence-electron chi connectivity index (χ3n) is 6.44. The fraction of sp³-hybridized carbons (Fsp3) is 0.241. The van der Waals surface area contributed by atoms with Crippen LogP contribution in [0.15, 0.2) is 66.7 Å². The van der Waals surface area contributed by atoms with Crippen molar-refractivity contribution in [2.75, 3.05) is 38.1 Å². The summed E-state index contributed by atoms with van der Waals surface area (Å²) in [6, 6.07) is 17.9. The predicted octanol–water partition coefficient (Wildman–Crippen LogP) is 4.72. The molecule has 11 heteroatoms. The largest absolute Gasteiger partial charge is 0.493 e. The van der Waals surface area contributed by atoms with E-state index in [1.54, 1.807) is 67.7 Å². The molecule has 0 unspecified atom stereocenters. The summed E-state index contributed by atoms with van der Waals surface area (Å²) in [4.78, 5) is 41.6. The van der Waals surface area contributed by atoms with E-state index in [1.807, 2.05) is 18.2 Å². The van der Waals surface area contributed by atoms with Gasteiger partial charge >= 0.3 is 5.97 Å². The number of halogens is 1. The van der Waals surface area contributed by atoms with Crippen molar-refractivity contribution in [2.24, 2.45) is 0 Å². The van der Waals surface area contributed by atoms with Gasteiger partial charge < -0.3 is 24.4 Å². The van der Waals surface area contributed by atoms with Gasteiger partial charge in [0.1, 0.15) is 6.04 Å². The molecule has 0 aliphatic carbocycles. The Labute approximate surface area is 242 Å². The Morgan fingerprint density at radius 1 is 0.975 bits per heavy atom. The second-order valence-electron chi connectivity index (χ2n) is 8.91. The van der Waals surface area contributed by atoms with Gasteiger partial charge in [0.25, 0.3) is 5.91 Å². The number of rotatable bonds is 10. The molecule has 0 bridgehead atoms. The maximum atomic E-state index is 13.7. The number of hydrogen-bond acceptors (Lipinski definition) is 7. The van der Waals surface area contributed by atoms with Gasteiger partial charge in [0.15, 0.2) is 16.6 Å². The lowest BCUT2D eigenvalue weighted by atomic mass is 10.1. The molecular formula is C29H28ClN3O6S. The molecule has 0 spiro atoms. The first-order chi connectivity index (χ1) is 19.2. The first-order valence-electron chi connectivity index (χ1n) is 12.3. The summed E-state index contributed by atoms with van der Waals surface area (Å²) in [7, 11) is 4.43. The van der Waals surface area contributed by atoms with Crippen LogP contribution in [0.25, 0.3) is 0 Å². The molecule has 0 aromatic heterocycles. The number of carbonyl (C=O) groups is 3. The molecule has 9 nitrogen and oxygen atoms in total. The van der Waals surface area contributed by atoms with Gasteiger partial charge in [-0.15, -0.1) is 0 Å². The van der Waals surface area contributed by atoms with Gasteiger partial charge in [-0.1, -0.05) is 23.7 Å². The lowest BCUT2D eigenvalue weighted by molar-refractivity contribution is -0.124. The molecule has 3 aromatic carbocycles. The number of ether oxygens (including phenoxy) is 3. The Morgan fingerprint density at radius 3 is 2.35 bits per heavy atom. The van der Waals surface area contributed by atoms with Crippen LogP contribution in [0, 0.1) is 0 Å². The van der Waals surface area contributed by atoms with Crippen LogP contribution in [0.1, 0.15) is 22.3 Å². The molecular weight excluding hydrogens is 554 g/mol. The first kappa shape index (κ1) is 28.8. The highest BCUT2D eigenvalue weighted by atomic mass is 35.5. The topological polar surface area (TPSA) is 97.4 Å². The number of esters is 1. The number of hydrogen-bond donors (Lipinski definition) is 1. The van der Waals surface area contributed by atoms with Crippen LogP contribution in [0.5, 0.6) is 11.5 Å². The molecule has 1 saturated heterocycles. The maximum absolute atomic E-state index is 13.7. The van der Waals surface area contributed by atoms with Gasteiger partial charge in [0.05, 0.1) is 39.0 Å². The maximum Gasteiger partial charge on any atom is 0.337 e. The smallest absolute Gasteiger partial charge is 0.337 e. The zero-order valence-corrected chi connectivity index (χ0v) is 23.8. The molecule has 1 fully saturated rings. The molecule has 1 atom stereocenters. The lowest BCUT2D eigenvalue weighted by Crippen LogP contribution is -2.39. The Hall–Kier alpha value is -4.15. The number of thiocarbonyl (C=S) groups is 1. The number of nitrogens with one attached hydrogen (secondary N) is 1. The van der Waals surface area contributed by atoms with E-state index in [2.05, 4.69) is 5.32 Å². The number of nitrogens with zero attached hydrogens (tertiary/aromatic N) is 2. The number of methoxy groups -OCH3 is 3. The van der Waals surface area contributed by atoms with Crippen molar-refractivity contribution in [3.63, 3.8) is 0 Å². The number of benzene rings is 3. The van der Waals surface area contributed by atoms with E-state index in [0.717, 1.165) is 5.56 Å². The first-order valence-corrected chi connectivity index (χ1v) is 13.1. The summed E-state index contributed by atoms with van der Waals surface area (Å²) in [6.07, 6.45) is 0.394. The van der Waals surface area contributed by atoms with E-state index in [-0.39, 0.29) is 23.3 Å². The molecule has 0 radical (unpaired) electrons. The fourth-order valence-corrected chi connectivity index (χ4v) is 5.02. The zero-order valence-electron chi connectivity index (χ0n) is 22.2. The summed E-state index contributed by atoms with van der Waals surface area (Å²) < 4.78 is 15.4. The summed E-state index contributed by atoms with van der Waals surface area (Å²) in [5.74, 6) is 0.0233. The molecule has 1 heterocycles. The molecule has 3 aromatic rings. The van der Waals surface area contributed by atoms with Crippen LogP contribution < -0.4 is 19.7 Å². The monoisotopic (exact) mass is 581 g/mol. The summed E-state index contributed by atoms with van der Waals surface area (Å²) in [5, 5.41) is 3.54. The second kappa shape index (κ2) is 12.8. The van der Waals surface area contributed by atoms with Crippen LogP contribution >= 0.6 is 23.8 Å². The molecule has 40 heavy (non-hydrogen) atoms. The van der Waals surface area contributed by atoms with Gasteiger partial charge in [-0.2, -0.15) is 0 Å². The third-order valence-corrected chi connectivity index (χ3v) is 7.10. The normalized spacial score (nSPS) is 14.8. The molecule has 4 rings (SSSR count). The van der Waals surface area contributed by atoms with E-state index >= 15 is 0 Å². The SMILES string of the molecule is COC(=O)c1ccc(NC(=O)C[C@@H]2C(=O)N(c3cccc(Cl)c3)C(=S)N2CCc2ccc(OC)c(OC)c2)cc1. The van der Waals surface area contributed by atoms with E-state index in [9.17, 15) is 14.4 Å². The average Bonchev–Trinajstić information content (AvgIpc) is 3.19. The van der Waals surface area contributed by atoms with E-state index < -0.39 is 12.0 Å². The number of anilines is 2. The molecule has 2 amide bonds. The van der Waals surface area contributed by atoms with Gasteiger partial charge in [0, 0.05) is 17.3 Å². The Kier molecular flexibility index (Phi) is 9.23. The molecule has 1 aliphatic rings. The Morgan fingerprint density at radius 2 is 1.70 bits per heavy atom. The fourth-order valence-electron chi connectivity index (χ4n) is 4.42. The van der Waals surface area contributed by atoms with Gasteiger partial charge in [0.2, 0.25) is 5.91 Å². The standard InChI is InChI=1S/C29H28ClN3O6S/c1-37-24-12-7-18(15-25(24)38-2)13-14-32-23(27(35)33(29(32)40)22-6-4-5-20(30)16-22)17-26(34)31-21-10-8-19(9-11-21)28(36)39-3/h4-12,15-16,23H,13-14,17H2,1-3H3,(H,31,34)/t23-/m1/s1. The van der Waals surface area contributed by atoms with E-state index in [0.29, 0.717) is 46.4 Å². The van der Waals surface area contributed by atoms with Crippen LogP contribution in [-0.2, 0) is 20.7 Å². The van der Waals surface area contributed by atoms with E-state index in [4.69, 9.17) is 38.0 Å². The van der Waals surface area contributed by atoms with Crippen molar-refractivity contribution in [2.45, 2.75) is 18.9 Å². The highest BCUT2D eigenvalue weighted by Gasteiger charge is 2.44. The quantitative estimate of drug-likeness (QED) is 0.271. The molecule has 208 valence electrons. The van der Waals surface area contributed by atoms with E-state index in [1.165, 1.54) is 12.0 Å². The van der Waals surface area contributed by atoms with Crippen LogP contribution in [0.2, 0.25) is 5.02 Å². The van der Waals surface area contributed by atoms with Gasteiger partial charge in [-0.25, -0.2) is 4.79 Å². The molecule has 1 aliphatic heterocycles. The average molecular weight is 582 g/mol. The minimum atomic E-state index is -0.832. The van der Waals surface area contributed by atoms with Gasteiger partial charge in [-0.05, 0) is 78.8 Å². The van der Waals surface area contributed by atoms with Gasteiger partial charge in [-0.3, -0.25) is 14.5 Å². The van der Waals surface area contributed by atoms with Crippen molar-refractivity contribution in [3.05, 3.63) is 82.9 Å². The zero-order chi connectivity index (χ0) is 28.8. The third kappa shape index (κ3) is 6.35. The van der Waals surface area contributed by atoms with Crippen molar-refractivity contribution < 1.29 is 28.6 Å². The minimum Gasteiger partial charge on any atom is -0.493 e. The van der Waals surface area contributed by atoms with Crippen molar-refractivity contribution >= 4 is 58.1 Å². The minimum absolute atomic E-state index is 0.138. The lowest BCUT2D eigenvalue weighted by Gasteiger charge is -2.24. The predicted molar refractivity (Wildman–Crippen MR) is 156 cm³/mol.